The first-order valence-corrected chi connectivity index (χ1v) is 9.05. The van der Waals surface area contributed by atoms with Crippen LogP contribution in [0.25, 0.3) is 0 Å². The Morgan fingerprint density at radius 2 is 1.85 bits per heavy atom. The summed E-state index contributed by atoms with van der Waals surface area (Å²) in [6.07, 6.45) is 4.07. The minimum atomic E-state index is -3.04. The molecule has 0 radical (unpaired) electrons. The Morgan fingerprint density at radius 1 is 1.15 bits per heavy atom. The maximum absolute atomic E-state index is 12.5. The van der Waals surface area contributed by atoms with E-state index in [4.69, 9.17) is 0 Å². The van der Waals surface area contributed by atoms with E-state index in [1.54, 1.807) is 0 Å². The lowest BCUT2D eigenvalue weighted by Crippen LogP contribution is -2.31. The molecule has 0 saturated heterocycles. The number of hydrogen-bond acceptors (Lipinski definition) is 3. The molecular weight excluding hydrogens is 272 g/mol. The Labute approximate surface area is 121 Å². The molecule has 1 aliphatic rings. The normalized spacial score (nSPS) is 23.6. The van der Waals surface area contributed by atoms with Crippen LogP contribution in [-0.2, 0) is 9.84 Å². The summed E-state index contributed by atoms with van der Waals surface area (Å²) < 4.78 is 23.4. The third-order valence-electron chi connectivity index (χ3n) is 4.39. The molecule has 0 heterocycles. The van der Waals surface area contributed by atoms with E-state index in [1.807, 2.05) is 32.0 Å². The molecule has 1 aromatic carbocycles. The zero-order chi connectivity index (χ0) is 14.9. The van der Waals surface area contributed by atoms with Gasteiger partial charge in [-0.1, -0.05) is 18.6 Å². The number of carbonyl (C=O) groups is 1. The monoisotopic (exact) mass is 294 g/mol. The molecule has 20 heavy (non-hydrogen) atoms. The lowest BCUT2D eigenvalue weighted by atomic mass is 9.83. The van der Waals surface area contributed by atoms with Crippen molar-refractivity contribution in [1.82, 2.24) is 0 Å². The van der Waals surface area contributed by atoms with Gasteiger partial charge in [0.25, 0.3) is 0 Å². The van der Waals surface area contributed by atoms with Crippen LogP contribution in [0.1, 0.15) is 47.2 Å². The van der Waals surface area contributed by atoms with E-state index >= 15 is 0 Å². The largest absolute Gasteiger partial charge is 0.294 e. The molecule has 110 valence electrons. The van der Waals surface area contributed by atoms with E-state index in [0.29, 0.717) is 18.4 Å². The molecule has 1 saturated carbocycles. The van der Waals surface area contributed by atoms with E-state index < -0.39 is 9.84 Å². The minimum Gasteiger partial charge on any atom is -0.294 e. The Kier molecular flexibility index (Phi) is 4.33. The van der Waals surface area contributed by atoms with Crippen molar-refractivity contribution in [1.29, 1.82) is 0 Å². The van der Waals surface area contributed by atoms with Gasteiger partial charge in [0.1, 0.15) is 9.84 Å². The van der Waals surface area contributed by atoms with Gasteiger partial charge in [-0.25, -0.2) is 8.42 Å². The Bertz CT molecular complexity index is 617. The summed E-state index contributed by atoms with van der Waals surface area (Å²) in [5.74, 6) is -0.0490. The van der Waals surface area contributed by atoms with Crippen molar-refractivity contribution in [3.8, 4) is 0 Å². The summed E-state index contributed by atoms with van der Waals surface area (Å²) in [6, 6.07) is 5.73. The predicted octanol–water partition coefficient (Wildman–Crippen LogP) is 3.09. The van der Waals surface area contributed by atoms with Crippen LogP contribution in [0.2, 0.25) is 0 Å². The van der Waals surface area contributed by atoms with Crippen molar-refractivity contribution in [2.24, 2.45) is 5.92 Å². The number of ketones is 1. The van der Waals surface area contributed by atoms with Gasteiger partial charge in [0.15, 0.2) is 5.78 Å². The zero-order valence-corrected chi connectivity index (χ0v) is 13.2. The highest BCUT2D eigenvalue weighted by atomic mass is 32.2. The molecule has 2 rings (SSSR count). The average Bonchev–Trinajstić information content (AvgIpc) is 2.40. The van der Waals surface area contributed by atoms with Crippen molar-refractivity contribution in [2.75, 3.05) is 6.26 Å². The van der Waals surface area contributed by atoms with E-state index in [0.717, 1.165) is 18.4 Å². The van der Waals surface area contributed by atoms with Crippen LogP contribution in [0, 0.1) is 19.8 Å². The van der Waals surface area contributed by atoms with E-state index in [1.165, 1.54) is 11.8 Å². The number of benzene rings is 1. The van der Waals surface area contributed by atoms with Crippen molar-refractivity contribution in [2.45, 2.75) is 44.8 Å². The van der Waals surface area contributed by atoms with Gasteiger partial charge in [0.2, 0.25) is 0 Å². The lowest BCUT2D eigenvalue weighted by Gasteiger charge is -2.27. The highest BCUT2D eigenvalue weighted by Gasteiger charge is 2.32. The fourth-order valence-electron chi connectivity index (χ4n) is 2.90. The topological polar surface area (TPSA) is 51.2 Å². The summed E-state index contributed by atoms with van der Waals surface area (Å²) >= 11 is 0. The lowest BCUT2D eigenvalue weighted by molar-refractivity contribution is 0.0891. The number of hydrogen-bond donors (Lipinski definition) is 0. The molecule has 0 spiro atoms. The molecule has 0 amide bonds. The van der Waals surface area contributed by atoms with Crippen LogP contribution >= 0.6 is 0 Å². The highest BCUT2D eigenvalue weighted by molar-refractivity contribution is 7.91. The van der Waals surface area contributed by atoms with Gasteiger partial charge in [-0.05, 0) is 50.3 Å². The maximum Gasteiger partial charge on any atom is 0.165 e. The van der Waals surface area contributed by atoms with Gasteiger partial charge in [0.05, 0.1) is 5.25 Å². The molecule has 2 unspecified atom stereocenters. The van der Waals surface area contributed by atoms with Gasteiger partial charge in [0, 0.05) is 17.7 Å². The van der Waals surface area contributed by atoms with Crippen LogP contribution in [-0.4, -0.2) is 25.7 Å². The average molecular weight is 294 g/mol. The Balaban J connectivity index is 2.18. The second kappa shape index (κ2) is 5.68. The summed E-state index contributed by atoms with van der Waals surface area (Å²) in [6.45, 7) is 4.01. The third-order valence-corrected chi connectivity index (χ3v) is 6.03. The van der Waals surface area contributed by atoms with Crippen molar-refractivity contribution in [3.05, 3.63) is 34.9 Å². The molecule has 3 nitrogen and oxygen atoms in total. The second-order valence-corrected chi connectivity index (χ2v) is 8.30. The van der Waals surface area contributed by atoms with E-state index in [2.05, 4.69) is 0 Å². The summed E-state index contributed by atoms with van der Waals surface area (Å²) in [5.41, 5.74) is 2.98. The van der Waals surface area contributed by atoms with Crippen molar-refractivity contribution >= 4 is 15.6 Å². The first-order valence-electron chi connectivity index (χ1n) is 7.09. The van der Waals surface area contributed by atoms with Crippen LogP contribution in [0.5, 0.6) is 0 Å². The van der Waals surface area contributed by atoms with E-state index in [-0.39, 0.29) is 17.0 Å². The minimum absolute atomic E-state index is 0.0986. The number of rotatable bonds is 3. The van der Waals surface area contributed by atoms with Crippen LogP contribution in [0.15, 0.2) is 18.2 Å². The molecule has 1 fully saturated rings. The van der Waals surface area contributed by atoms with Crippen molar-refractivity contribution in [3.63, 3.8) is 0 Å². The molecule has 0 aromatic heterocycles. The molecule has 0 N–H and O–H groups in total. The van der Waals surface area contributed by atoms with E-state index in [9.17, 15) is 13.2 Å². The van der Waals surface area contributed by atoms with Crippen LogP contribution in [0.3, 0.4) is 0 Å². The van der Waals surface area contributed by atoms with Crippen molar-refractivity contribution < 1.29 is 13.2 Å². The quantitative estimate of drug-likeness (QED) is 0.805. The smallest absolute Gasteiger partial charge is 0.165 e. The fourth-order valence-corrected chi connectivity index (χ4v) is 4.08. The molecule has 0 bridgehead atoms. The summed E-state index contributed by atoms with van der Waals surface area (Å²) in [4.78, 5) is 12.5. The fraction of sp³-hybridized carbons (Fsp3) is 0.562. The molecule has 4 heteroatoms. The number of Topliss-reactive ketones (excluding diaryl/α,β-unsaturated/α-hetero) is 1. The summed E-state index contributed by atoms with van der Waals surface area (Å²) in [5, 5.41) is -0.350. The predicted molar refractivity (Wildman–Crippen MR) is 80.8 cm³/mol. The molecular formula is C16H22O3S. The van der Waals surface area contributed by atoms with Gasteiger partial charge >= 0.3 is 0 Å². The molecule has 1 aliphatic carbocycles. The maximum atomic E-state index is 12.5. The standard InChI is InChI=1S/C16H22O3S/c1-11-7-8-14(9-12(11)2)16(17)13-5-4-6-15(10-13)20(3,18)19/h7-9,13,15H,4-6,10H2,1-3H3. The highest BCUT2D eigenvalue weighted by Crippen LogP contribution is 2.31. The molecule has 0 aliphatic heterocycles. The first-order chi connectivity index (χ1) is 9.29. The number of aryl methyl sites for hydroxylation is 2. The molecule has 1 aromatic rings. The third kappa shape index (κ3) is 3.29. The molecule has 2 atom stereocenters. The second-order valence-electron chi connectivity index (χ2n) is 5.98. The Hall–Kier alpha value is -1.16. The van der Waals surface area contributed by atoms with Crippen LogP contribution < -0.4 is 0 Å². The summed E-state index contributed by atoms with van der Waals surface area (Å²) in [7, 11) is -3.04. The van der Waals surface area contributed by atoms with Gasteiger partial charge in [-0.3, -0.25) is 4.79 Å². The first kappa shape index (κ1) is 15.2. The van der Waals surface area contributed by atoms with Gasteiger partial charge < -0.3 is 0 Å². The van der Waals surface area contributed by atoms with Gasteiger partial charge in [-0.2, -0.15) is 0 Å². The SMILES string of the molecule is Cc1ccc(C(=O)C2CCCC(S(C)(=O)=O)C2)cc1C. The number of sulfone groups is 1. The number of carbonyl (C=O) groups excluding carboxylic acids is 1. The van der Waals surface area contributed by atoms with Crippen LogP contribution in [0.4, 0.5) is 0 Å². The zero-order valence-electron chi connectivity index (χ0n) is 12.3. The van der Waals surface area contributed by atoms with Gasteiger partial charge in [-0.15, -0.1) is 0 Å². The Morgan fingerprint density at radius 3 is 2.45 bits per heavy atom.